The van der Waals surface area contributed by atoms with Gasteiger partial charge in [0.25, 0.3) is 0 Å². The molecule has 0 aromatic carbocycles. The minimum absolute atomic E-state index is 0.113. The SMILES string of the molecule is CCOC(=O)Cc1csc([C@@H]2[C@@H](C)OC(C)(C)N2C(=O)OC(C)(C)C)n1. The van der Waals surface area contributed by atoms with Crippen LogP contribution in [0.5, 0.6) is 0 Å². The first kappa shape index (κ1) is 20.6. The molecule has 0 aliphatic carbocycles. The first-order chi connectivity index (χ1) is 11.9. The molecule has 7 nitrogen and oxygen atoms in total. The standard InChI is InChI=1S/C18H28N2O5S/c1-8-23-13(21)9-12-10-26-15(19-12)14-11(2)24-18(6,7)20(14)16(22)25-17(3,4)5/h10-11,14H,8-9H2,1-7H3/t11-,14+/m1/s1. The average Bonchev–Trinajstić information content (AvgIpc) is 2.98. The Morgan fingerprint density at radius 2 is 2.04 bits per heavy atom. The number of nitrogens with zero attached hydrogens (tertiary/aromatic N) is 2. The Labute approximate surface area is 158 Å². The summed E-state index contributed by atoms with van der Waals surface area (Å²) < 4.78 is 16.5. The second-order valence-corrected chi connectivity index (χ2v) is 8.61. The number of thiazole rings is 1. The molecule has 0 bridgehead atoms. The van der Waals surface area contributed by atoms with Gasteiger partial charge in [-0.1, -0.05) is 0 Å². The van der Waals surface area contributed by atoms with Crippen molar-refractivity contribution in [2.24, 2.45) is 0 Å². The van der Waals surface area contributed by atoms with Crippen LogP contribution in [-0.4, -0.2) is 46.0 Å². The third-order valence-corrected chi connectivity index (χ3v) is 4.78. The van der Waals surface area contributed by atoms with E-state index in [0.717, 1.165) is 0 Å². The lowest BCUT2D eigenvalue weighted by molar-refractivity contribution is -0.142. The Morgan fingerprint density at radius 1 is 1.38 bits per heavy atom. The summed E-state index contributed by atoms with van der Waals surface area (Å²) in [5.74, 6) is -0.315. The van der Waals surface area contributed by atoms with E-state index in [2.05, 4.69) is 4.98 Å². The Morgan fingerprint density at radius 3 is 2.62 bits per heavy atom. The molecule has 2 atom stereocenters. The maximum Gasteiger partial charge on any atom is 0.413 e. The molecule has 1 aliphatic heterocycles. The normalized spacial score (nSPS) is 22.3. The number of esters is 1. The maximum absolute atomic E-state index is 12.8. The Kier molecular flexibility index (Phi) is 5.97. The van der Waals surface area contributed by atoms with Crippen molar-refractivity contribution in [3.8, 4) is 0 Å². The fraction of sp³-hybridized carbons (Fsp3) is 0.722. The van der Waals surface area contributed by atoms with Crippen molar-refractivity contribution in [1.82, 2.24) is 9.88 Å². The second-order valence-electron chi connectivity index (χ2n) is 7.72. The predicted molar refractivity (Wildman–Crippen MR) is 97.9 cm³/mol. The van der Waals surface area contributed by atoms with Crippen molar-refractivity contribution in [2.75, 3.05) is 6.61 Å². The van der Waals surface area contributed by atoms with E-state index in [1.807, 2.05) is 46.9 Å². The van der Waals surface area contributed by atoms with E-state index in [0.29, 0.717) is 17.3 Å². The molecule has 2 rings (SSSR count). The van der Waals surface area contributed by atoms with Crippen LogP contribution in [0.1, 0.15) is 65.2 Å². The molecule has 1 fully saturated rings. The summed E-state index contributed by atoms with van der Waals surface area (Å²) in [5.41, 5.74) is -0.801. The number of amides is 1. The minimum Gasteiger partial charge on any atom is -0.466 e. The molecule has 0 saturated carbocycles. The van der Waals surface area contributed by atoms with Gasteiger partial charge in [0.1, 0.15) is 22.4 Å². The largest absolute Gasteiger partial charge is 0.466 e. The summed E-state index contributed by atoms with van der Waals surface area (Å²) >= 11 is 1.40. The molecule has 26 heavy (non-hydrogen) atoms. The van der Waals surface area contributed by atoms with Crippen LogP contribution in [-0.2, 0) is 25.4 Å². The molecule has 0 radical (unpaired) electrons. The lowest BCUT2D eigenvalue weighted by Gasteiger charge is -2.34. The minimum atomic E-state index is -0.820. The molecule has 0 unspecified atom stereocenters. The predicted octanol–water partition coefficient (Wildman–Crippen LogP) is 3.68. The van der Waals surface area contributed by atoms with Crippen LogP contribution in [0, 0.1) is 0 Å². The highest BCUT2D eigenvalue weighted by Crippen LogP contribution is 2.43. The molecule has 146 valence electrons. The Balaban J connectivity index is 2.26. The Bertz CT molecular complexity index is 665. The van der Waals surface area contributed by atoms with Crippen molar-refractivity contribution < 1.29 is 23.8 Å². The van der Waals surface area contributed by atoms with Crippen molar-refractivity contribution in [2.45, 2.75) is 78.4 Å². The summed E-state index contributed by atoms with van der Waals surface area (Å²) in [6.45, 7) is 13.2. The maximum atomic E-state index is 12.8. The van der Waals surface area contributed by atoms with Crippen molar-refractivity contribution in [3.05, 3.63) is 16.1 Å². The number of carbonyl (C=O) groups is 2. The van der Waals surface area contributed by atoms with E-state index in [1.54, 1.807) is 11.8 Å². The fourth-order valence-corrected chi connectivity index (χ4v) is 3.98. The summed E-state index contributed by atoms with van der Waals surface area (Å²) in [7, 11) is 0. The zero-order valence-electron chi connectivity index (χ0n) is 16.5. The van der Waals surface area contributed by atoms with Crippen LogP contribution in [0.15, 0.2) is 5.38 Å². The summed E-state index contributed by atoms with van der Waals surface area (Å²) in [6, 6.07) is -0.374. The molecule has 1 aromatic rings. The van der Waals surface area contributed by atoms with Crippen LogP contribution in [0.3, 0.4) is 0 Å². The van der Waals surface area contributed by atoms with Crippen molar-refractivity contribution in [3.63, 3.8) is 0 Å². The first-order valence-electron chi connectivity index (χ1n) is 8.74. The molecule has 1 saturated heterocycles. The lowest BCUT2D eigenvalue weighted by Crippen LogP contribution is -2.47. The molecule has 0 spiro atoms. The third-order valence-electron chi connectivity index (χ3n) is 3.82. The molecule has 2 heterocycles. The van der Waals surface area contributed by atoms with Crippen molar-refractivity contribution in [1.29, 1.82) is 0 Å². The zero-order valence-corrected chi connectivity index (χ0v) is 17.3. The van der Waals surface area contributed by atoms with Gasteiger partial charge in [-0.25, -0.2) is 9.78 Å². The highest BCUT2D eigenvalue weighted by atomic mass is 32.1. The fourth-order valence-electron chi connectivity index (χ4n) is 2.98. The van der Waals surface area contributed by atoms with Crippen LogP contribution < -0.4 is 0 Å². The van der Waals surface area contributed by atoms with E-state index in [9.17, 15) is 9.59 Å². The van der Waals surface area contributed by atoms with Crippen LogP contribution in [0.2, 0.25) is 0 Å². The van der Waals surface area contributed by atoms with Gasteiger partial charge < -0.3 is 14.2 Å². The molecule has 1 amide bonds. The first-order valence-corrected chi connectivity index (χ1v) is 9.62. The number of rotatable bonds is 4. The van der Waals surface area contributed by atoms with E-state index in [-0.39, 0.29) is 24.5 Å². The zero-order chi connectivity index (χ0) is 19.7. The molecule has 1 aliphatic rings. The third kappa shape index (κ3) is 4.73. The Hall–Kier alpha value is -1.67. The summed E-state index contributed by atoms with van der Waals surface area (Å²) in [4.78, 5) is 30.6. The van der Waals surface area contributed by atoms with E-state index in [1.165, 1.54) is 11.3 Å². The van der Waals surface area contributed by atoms with Gasteiger partial charge in [-0.3, -0.25) is 9.69 Å². The van der Waals surface area contributed by atoms with Crippen molar-refractivity contribution >= 4 is 23.4 Å². The van der Waals surface area contributed by atoms with E-state index in [4.69, 9.17) is 14.2 Å². The number of hydrogen-bond acceptors (Lipinski definition) is 7. The molecule has 1 aromatic heterocycles. The van der Waals surface area contributed by atoms with E-state index < -0.39 is 17.4 Å². The van der Waals surface area contributed by atoms with Gasteiger partial charge >= 0.3 is 12.1 Å². The monoisotopic (exact) mass is 384 g/mol. The summed E-state index contributed by atoms with van der Waals surface area (Å²) in [5, 5.41) is 2.53. The van der Waals surface area contributed by atoms with Gasteiger partial charge in [0.05, 0.1) is 24.8 Å². The van der Waals surface area contributed by atoms with Gasteiger partial charge in [-0.15, -0.1) is 11.3 Å². The number of ether oxygens (including phenoxy) is 3. The topological polar surface area (TPSA) is 78.0 Å². The lowest BCUT2D eigenvalue weighted by atomic mass is 10.1. The van der Waals surface area contributed by atoms with Gasteiger partial charge in [-0.05, 0) is 48.5 Å². The van der Waals surface area contributed by atoms with Crippen LogP contribution >= 0.6 is 11.3 Å². The molecule has 8 heteroatoms. The van der Waals surface area contributed by atoms with Gasteiger partial charge in [-0.2, -0.15) is 0 Å². The van der Waals surface area contributed by atoms with Gasteiger partial charge in [0.15, 0.2) is 0 Å². The number of aromatic nitrogens is 1. The molecule has 0 N–H and O–H groups in total. The highest BCUT2D eigenvalue weighted by Gasteiger charge is 2.51. The van der Waals surface area contributed by atoms with Crippen LogP contribution in [0.4, 0.5) is 4.79 Å². The smallest absolute Gasteiger partial charge is 0.413 e. The summed E-state index contributed by atoms with van der Waals surface area (Å²) in [6.07, 6.45) is -0.583. The second kappa shape index (κ2) is 7.52. The van der Waals surface area contributed by atoms with Gasteiger partial charge in [0.2, 0.25) is 0 Å². The van der Waals surface area contributed by atoms with Gasteiger partial charge in [0, 0.05) is 5.38 Å². The average molecular weight is 384 g/mol. The molecular weight excluding hydrogens is 356 g/mol. The number of hydrogen-bond donors (Lipinski definition) is 0. The number of carbonyl (C=O) groups excluding carboxylic acids is 2. The highest BCUT2D eigenvalue weighted by molar-refractivity contribution is 7.09. The van der Waals surface area contributed by atoms with Crippen LogP contribution in [0.25, 0.3) is 0 Å². The van der Waals surface area contributed by atoms with E-state index >= 15 is 0 Å². The quantitative estimate of drug-likeness (QED) is 0.737. The molecular formula is C18H28N2O5S.